The lowest BCUT2D eigenvalue weighted by Crippen LogP contribution is -2.59. The van der Waals surface area contributed by atoms with Crippen molar-refractivity contribution in [3.05, 3.63) is 24.3 Å². The second-order valence-electron chi connectivity index (χ2n) is 9.91. The Kier molecular flexibility index (Phi) is 4.57. The zero-order valence-electron chi connectivity index (χ0n) is 16.8. The van der Waals surface area contributed by atoms with E-state index >= 15 is 0 Å². The molecule has 1 saturated heterocycles. The summed E-state index contributed by atoms with van der Waals surface area (Å²) < 4.78 is 27.5. The van der Waals surface area contributed by atoms with Crippen molar-refractivity contribution >= 4 is 21.6 Å². The molecule has 0 radical (unpaired) electrons. The van der Waals surface area contributed by atoms with Crippen LogP contribution < -0.4 is 5.32 Å². The molecule has 1 aromatic rings. The molecule has 1 aliphatic heterocycles. The maximum Gasteiger partial charge on any atom is 0.243 e. The predicted octanol–water partition coefficient (Wildman–Crippen LogP) is 3.13. The quantitative estimate of drug-likeness (QED) is 0.787. The summed E-state index contributed by atoms with van der Waals surface area (Å²) in [6.45, 7) is 1.12. The van der Waals surface area contributed by atoms with E-state index in [9.17, 15) is 18.3 Å². The Morgan fingerprint density at radius 3 is 2.41 bits per heavy atom. The molecule has 5 aliphatic rings. The molecule has 4 saturated carbocycles. The highest BCUT2D eigenvalue weighted by Crippen LogP contribution is 2.61. The fraction of sp³-hybridized carbons (Fsp3) is 0.682. The predicted molar refractivity (Wildman–Crippen MR) is 110 cm³/mol. The molecule has 29 heavy (non-hydrogen) atoms. The van der Waals surface area contributed by atoms with Gasteiger partial charge in [0, 0.05) is 18.8 Å². The standard InChI is InChI=1S/C22H30N2O4S/c25-20(21-11-16-9-17(12-21)14-22(26,13-16)15-21)23-18-5-4-6-19(10-18)29(27,28)24-7-2-1-3-8-24/h4-6,10,16-17,26H,1-3,7-9,11-15H2,(H,23,25)/t16-,17+,21?,22?. The van der Waals surface area contributed by atoms with Crippen molar-refractivity contribution < 1.29 is 18.3 Å². The molecule has 1 heterocycles. The summed E-state index contributed by atoms with van der Waals surface area (Å²) in [6, 6.07) is 6.63. The first-order valence-corrected chi connectivity index (χ1v) is 12.4. The van der Waals surface area contributed by atoms with Crippen molar-refractivity contribution in [2.24, 2.45) is 17.3 Å². The highest BCUT2D eigenvalue weighted by molar-refractivity contribution is 7.89. The van der Waals surface area contributed by atoms with Gasteiger partial charge >= 0.3 is 0 Å². The Morgan fingerprint density at radius 2 is 1.76 bits per heavy atom. The van der Waals surface area contributed by atoms with Crippen molar-refractivity contribution in [2.75, 3.05) is 18.4 Å². The molecular weight excluding hydrogens is 388 g/mol. The van der Waals surface area contributed by atoms with Gasteiger partial charge in [-0.25, -0.2) is 8.42 Å². The van der Waals surface area contributed by atoms with Gasteiger partial charge in [-0.2, -0.15) is 4.31 Å². The minimum absolute atomic E-state index is 0.0578. The van der Waals surface area contributed by atoms with Gasteiger partial charge in [0.05, 0.1) is 15.9 Å². The Hall–Kier alpha value is -1.44. The molecule has 7 heteroatoms. The summed E-state index contributed by atoms with van der Waals surface area (Å²) in [4.78, 5) is 13.5. The van der Waals surface area contributed by atoms with E-state index in [1.807, 2.05) is 0 Å². The van der Waals surface area contributed by atoms with E-state index in [1.165, 1.54) is 0 Å². The molecule has 4 bridgehead atoms. The third kappa shape index (κ3) is 3.41. The largest absolute Gasteiger partial charge is 0.390 e. The van der Waals surface area contributed by atoms with E-state index in [0.29, 0.717) is 37.0 Å². The van der Waals surface area contributed by atoms with Crippen LogP contribution in [-0.4, -0.2) is 42.4 Å². The summed E-state index contributed by atoms with van der Waals surface area (Å²) in [6.07, 6.45) is 7.83. The molecular formula is C22H30N2O4S. The van der Waals surface area contributed by atoms with Crippen LogP contribution in [0.1, 0.15) is 57.8 Å². The molecule has 4 atom stereocenters. The molecule has 4 aliphatic carbocycles. The van der Waals surface area contributed by atoms with E-state index in [2.05, 4.69) is 5.32 Å². The van der Waals surface area contributed by atoms with E-state index in [4.69, 9.17) is 0 Å². The summed E-state index contributed by atoms with van der Waals surface area (Å²) in [5.41, 5.74) is -0.683. The Labute approximate surface area is 172 Å². The molecule has 1 amide bonds. The number of anilines is 1. The molecule has 6 rings (SSSR count). The third-order valence-corrected chi connectivity index (χ3v) is 9.45. The summed E-state index contributed by atoms with van der Waals surface area (Å²) >= 11 is 0. The number of nitrogens with zero attached hydrogens (tertiary/aromatic N) is 1. The van der Waals surface area contributed by atoms with Crippen LogP contribution in [0.3, 0.4) is 0 Å². The zero-order valence-corrected chi connectivity index (χ0v) is 17.6. The van der Waals surface area contributed by atoms with Crippen molar-refractivity contribution in [2.45, 2.75) is 68.3 Å². The minimum Gasteiger partial charge on any atom is -0.390 e. The van der Waals surface area contributed by atoms with E-state index in [-0.39, 0.29) is 10.8 Å². The second kappa shape index (κ2) is 6.79. The fourth-order valence-corrected chi connectivity index (χ4v) is 8.30. The lowest BCUT2D eigenvalue weighted by molar-refractivity contribution is -0.174. The van der Waals surface area contributed by atoms with Gasteiger partial charge in [0.15, 0.2) is 0 Å². The molecule has 0 aromatic heterocycles. The summed E-state index contributed by atoms with van der Waals surface area (Å²) in [5.74, 6) is 0.799. The molecule has 158 valence electrons. The number of carbonyl (C=O) groups is 1. The SMILES string of the molecule is O=C(Nc1cccc(S(=O)(=O)N2CCCCC2)c1)C12C[C@@H]3C[C@@H](CC(O)(C3)C1)C2. The van der Waals surface area contributed by atoms with Gasteiger partial charge in [0.25, 0.3) is 0 Å². The average molecular weight is 419 g/mol. The number of rotatable bonds is 4. The molecule has 6 nitrogen and oxygen atoms in total. The van der Waals surface area contributed by atoms with Gasteiger partial charge in [-0.1, -0.05) is 12.5 Å². The number of nitrogens with one attached hydrogen (secondary N) is 1. The zero-order chi connectivity index (χ0) is 20.3. The van der Waals surface area contributed by atoms with E-state index < -0.39 is 21.0 Å². The van der Waals surface area contributed by atoms with Crippen LogP contribution in [0.5, 0.6) is 0 Å². The van der Waals surface area contributed by atoms with Crippen LogP contribution >= 0.6 is 0 Å². The fourth-order valence-electron chi connectivity index (χ4n) is 6.73. The van der Waals surface area contributed by atoms with Crippen LogP contribution in [0.2, 0.25) is 0 Å². The van der Waals surface area contributed by atoms with Crippen molar-refractivity contribution in [3.63, 3.8) is 0 Å². The van der Waals surface area contributed by atoms with Crippen LogP contribution in [-0.2, 0) is 14.8 Å². The van der Waals surface area contributed by atoms with Crippen molar-refractivity contribution in [1.29, 1.82) is 0 Å². The van der Waals surface area contributed by atoms with E-state index in [1.54, 1.807) is 28.6 Å². The number of hydrogen-bond donors (Lipinski definition) is 2. The van der Waals surface area contributed by atoms with Crippen LogP contribution in [0.4, 0.5) is 5.69 Å². The van der Waals surface area contributed by atoms with Gasteiger partial charge < -0.3 is 10.4 Å². The molecule has 2 N–H and O–H groups in total. The molecule has 2 unspecified atom stereocenters. The third-order valence-electron chi connectivity index (χ3n) is 7.56. The normalized spacial score (nSPS) is 36.9. The maximum atomic E-state index is 13.3. The maximum absolute atomic E-state index is 13.3. The summed E-state index contributed by atoms with van der Waals surface area (Å²) in [5, 5.41) is 13.9. The smallest absolute Gasteiger partial charge is 0.243 e. The van der Waals surface area contributed by atoms with Gasteiger partial charge in [0.1, 0.15) is 0 Å². The first kappa shape index (κ1) is 19.5. The number of carbonyl (C=O) groups excluding carboxylic acids is 1. The van der Waals surface area contributed by atoms with Gasteiger partial charge in [-0.15, -0.1) is 0 Å². The Balaban J connectivity index is 1.36. The van der Waals surface area contributed by atoms with E-state index in [0.717, 1.165) is 51.4 Å². The number of piperidine rings is 1. The first-order chi connectivity index (χ1) is 13.8. The first-order valence-electron chi connectivity index (χ1n) is 10.9. The number of amides is 1. The number of hydrogen-bond acceptors (Lipinski definition) is 4. The molecule has 5 fully saturated rings. The van der Waals surface area contributed by atoms with Crippen LogP contribution in [0.25, 0.3) is 0 Å². The van der Waals surface area contributed by atoms with Crippen molar-refractivity contribution in [1.82, 2.24) is 4.31 Å². The molecule has 1 aromatic carbocycles. The van der Waals surface area contributed by atoms with Crippen LogP contribution in [0.15, 0.2) is 29.2 Å². The lowest BCUT2D eigenvalue weighted by Gasteiger charge is -2.59. The number of sulfonamides is 1. The topological polar surface area (TPSA) is 86.7 Å². The van der Waals surface area contributed by atoms with Crippen LogP contribution in [0, 0.1) is 17.3 Å². The van der Waals surface area contributed by atoms with Gasteiger partial charge in [-0.05, 0) is 81.4 Å². The molecule has 0 spiro atoms. The summed E-state index contributed by atoms with van der Waals surface area (Å²) in [7, 11) is -3.53. The van der Waals surface area contributed by atoms with Gasteiger partial charge in [0.2, 0.25) is 15.9 Å². The van der Waals surface area contributed by atoms with Gasteiger partial charge in [-0.3, -0.25) is 4.79 Å². The average Bonchev–Trinajstić information content (AvgIpc) is 2.67. The minimum atomic E-state index is -3.53. The van der Waals surface area contributed by atoms with Crippen molar-refractivity contribution in [3.8, 4) is 0 Å². The number of aliphatic hydroxyl groups is 1. The highest BCUT2D eigenvalue weighted by Gasteiger charge is 2.60. The lowest BCUT2D eigenvalue weighted by atomic mass is 9.47. The monoisotopic (exact) mass is 418 g/mol. The Morgan fingerprint density at radius 1 is 1.07 bits per heavy atom. The highest BCUT2D eigenvalue weighted by atomic mass is 32.2. The second-order valence-corrected chi connectivity index (χ2v) is 11.9. The number of benzene rings is 1. The Bertz CT molecular complexity index is 908.